The average molecular weight is 259 g/mol. The maximum Gasteiger partial charge on any atom is 0.183 e. The van der Waals surface area contributed by atoms with Gasteiger partial charge in [-0.2, -0.15) is 5.26 Å². The molecule has 2 aliphatic carbocycles. The minimum Gasteiger partial charge on any atom is -0.223 e. The van der Waals surface area contributed by atoms with Gasteiger partial charge in [-0.1, -0.05) is 30.4 Å². The summed E-state index contributed by atoms with van der Waals surface area (Å²) in [6.45, 7) is 0. The second-order valence-electron chi connectivity index (χ2n) is 4.93. The molecule has 0 radical (unpaired) electrons. The van der Waals surface area contributed by atoms with Crippen molar-refractivity contribution in [2.75, 3.05) is 0 Å². The van der Waals surface area contributed by atoms with E-state index in [1.807, 2.05) is 12.2 Å². The molecule has 2 aliphatic rings. The number of sulfone groups is 1. The van der Waals surface area contributed by atoms with E-state index < -0.39 is 21.0 Å². The Labute approximate surface area is 107 Å². The molecule has 92 valence electrons. The van der Waals surface area contributed by atoms with E-state index in [0.29, 0.717) is 4.90 Å². The van der Waals surface area contributed by atoms with Gasteiger partial charge in [0, 0.05) is 0 Å². The Morgan fingerprint density at radius 3 is 2.44 bits per heavy atom. The van der Waals surface area contributed by atoms with Gasteiger partial charge in [0.25, 0.3) is 0 Å². The van der Waals surface area contributed by atoms with Crippen LogP contribution in [0.5, 0.6) is 0 Å². The van der Waals surface area contributed by atoms with Crippen molar-refractivity contribution in [3.05, 3.63) is 42.5 Å². The Hall–Kier alpha value is -1.60. The van der Waals surface area contributed by atoms with Crippen LogP contribution in [0.1, 0.15) is 6.42 Å². The Kier molecular flexibility index (Phi) is 2.53. The number of benzene rings is 1. The molecule has 1 fully saturated rings. The van der Waals surface area contributed by atoms with Gasteiger partial charge >= 0.3 is 0 Å². The van der Waals surface area contributed by atoms with Crippen molar-refractivity contribution in [2.24, 2.45) is 17.8 Å². The van der Waals surface area contributed by atoms with Crippen LogP contribution in [0.4, 0.5) is 0 Å². The van der Waals surface area contributed by atoms with Gasteiger partial charge in [-0.15, -0.1) is 0 Å². The van der Waals surface area contributed by atoms with Gasteiger partial charge in [-0.25, -0.2) is 8.42 Å². The minimum absolute atomic E-state index is 0.00450. The van der Waals surface area contributed by atoms with Gasteiger partial charge in [0.15, 0.2) is 9.84 Å². The van der Waals surface area contributed by atoms with Crippen molar-refractivity contribution in [1.82, 2.24) is 0 Å². The monoisotopic (exact) mass is 259 g/mol. The van der Waals surface area contributed by atoms with Crippen LogP contribution in [-0.2, 0) is 9.84 Å². The molecule has 0 saturated heterocycles. The molecule has 0 unspecified atom stereocenters. The van der Waals surface area contributed by atoms with E-state index in [9.17, 15) is 13.7 Å². The summed E-state index contributed by atoms with van der Waals surface area (Å²) in [4.78, 5) is 0.330. The third-order valence-electron chi connectivity index (χ3n) is 3.97. The van der Waals surface area contributed by atoms with Crippen molar-refractivity contribution >= 4 is 9.84 Å². The van der Waals surface area contributed by atoms with Crippen molar-refractivity contribution < 1.29 is 8.42 Å². The van der Waals surface area contributed by atoms with Gasteiger partial charge in [0.05, 0.1) is 22.1 Å². The maximum atomic E-state index is 12.6. The first-order valence-corrected chi connectivity index (χ1v) is 7.56. The second-order valence-corrected chi connectivity index (χ2v) is 7.03. The Balaban J connectivity index is 2.06. The first-order valence-electron chi connectivity index (χ1n) is 6.01. The molecule has 1 saturated carbocycles. The highest BCUT2D eigenvalue weighted by Gasteiger charge is 2.51. The van der Waals surface area contributed by atoms with Crippen molar-refractivity contribution in [3.8, 4) is 6.07 Å². The van der Waals surface area contributed by atoms with E-state index in [-0.39, 0.29) is 11.8 Å². The highest BCUT2D eigenvalue weighted by molar-refractivity contribution is 7.92. The lowest BCUT2D eigenvalue weighted by Crippen LogP contribution is -2.32. The molecule has 2 bridgehead atoms. The summed E-state index contributed by atoms with van der Waals surface area (Å²) >= 11 is 0. The van der Waals surface area contributed by atoms with Crippen LogP contribution in [-0.4, -0.2) is 13.7 Å². The highest BCUT2D eigenvalue weighted by Crippen LogP contribution is 2.48. The van der Waals surface area contributed by atoms with E-state index in [0.717, 1.165) is 6.42 Å². The van der Waals surface area contributed by atoms with E-state index in [2.05, 4.69) is 6.07 Å². The third-order valence-corrected chi connectivity index (χ3v) is 6.25. The molecule has 18 heavy (non-hydrogen) atoms. The van der Waals surface area contributed by atoms with E-state index in [1.165, 1.54) is 0 Å². The molecule has 0 aliphatic heterocycles. The van der Waals surface area contributed by atoms with Gasteiger partial charge in [-0.3, -0.25) is 0 Å². The molecule has 0 N–H and O–H groups in total. The molecular weight excluding hydrogens is 246 g/mol. The molecule has 0 heterocycles. The lowest BCUT2D eigenvalue weighted by molar-refractivity contribution is 0.522. The van der Waals surface area contributed by atoms with Crippen LogP contribution in [0, 0.1) is 29.1 Å². The Bertz CT molecular complexity index is 628. The van der Waals surface area contributed by atoms with Gasteiger partial charge < -0.3 is 0 Å². The second kappa shape index (κ2) is 3.96. The maximum absolute atomic E-state index is 12.6. The zero-order valence-corrected chi connectivity index (χ0v) is 10.5. The highest BCUT2D eigenvalue weighted by atomic mass is 32.2. The van der Waals surface area contributed by atoms with Crippen molar-refractivity contribution in [3.63, 3.8) is 0 Å². The minimum atomic E-state index is -3.40. The summed E-state index contributed by atoms with van der Waals surface area (Å²) in [5.41, 5.74) is 0. The summed E-state index contributed by atoms with van der Waals surface area (Å²) < 4.78 is 25.2. The molecule has 3 nitrogen and oxygen atoms in total. The number of allylic oxidation sites excluding steroid dienone is 2. The molecule has 0 amide bonds. The standard InChI is InChI=1S/C14H13NO2S/c15-9-13-10-6-7-11(8-10)14(13)18(16,17)12-4-2-1-3-5-12/h1-7,10-11,13-14H,8H2/t10-,11+,13-,14-/m1/s1. The number of hydrogen-bond donors (Lipinski definition) is 0. The SMILES string of the molecule is N#C[C@H]1[C@H](S(=O)(=O)c2ccccc2)[C@H]2C=C[C@@H]1C2. The topological polar surface area (TPSA) is 57.9 Å². The number of hydrogen-bond acceptors (Lipinski definition) is 3. The fourth-order valence-electron chi connectivity index (χ4n) is 3.14. The summed E-state index contributed by atoms with van der Waals surface area (Å²) in [6.07, 6.45) is 4.76. The van der Waals surface area contributed by atoms with Crippen LogP contribution in [0.15, 0.2) is 47.4 Å². The summed E-state index contributed by atoms with van der Waals surface area (Å²) in [7, 11) is -3.40. The lowest BCUT2D eigenvalue weighted by Gasteiger charge is -2.22. The zero-order valence-electron chi connectivity index (χ0n) is 9.73. The number of fused-ring (bicyclic) bond motifs is 2. The normalized spacial score (nSPS) is 33.5. The predicted octanol–water partition coefficient (Wildman–Crippen LogP) is 2.17. The zero-order chi connectivity index (χ0) is 12.8. The van der Waals surface area contributed by atoms with Gasteiger partial charge in [0.1, 0.15) is 0 Å². The molecule has 4 atom stereocenters. The first kappa shape index (κ1) is 11.5. The van der Waals surface area contributed by atoms with E-state index in [1.54, 1.807) is 30.3 Å². The van der Waals surface area contributed by atoms with Crippen LogP contribution < -0.4 is 0 Å². The summed E-state index contributed by atoms with van der Waals surface area (Å²) in [5.74, 6) is -0.279. The predicted molar refractivity (Wildman–Crippen MR) is 67.3 cm³/mol. The number of rotatable bonds is 2. The molecule has 1 aromatic carbocycles. The van der Waals surface area contributed by atoms with Crippen molar-refractivity contribution in [1.29, 1.82) is 5.26 Å². The quantitative estimate of drug-likeness (QED) is 0.765. The lowest BCUT2D eigenvalue weighted by atomic mass is 9.95. The van der Waals surface area contributed by atoms with Gasteiger partial charge in [-0.05, 0) is 30.4 Å². The number of nitriles is 1. The average Bonchev–Trinajstić information content (AvgIpc) is 2.99. The van der Waals surface area contributed by atoms with Crippen LogP contribution in [0.2, 0.25) is 0 Å². The Morgan fingerprint density at radius 1 is 1.11 bits per heavy atom. The first-order chi connectivity index (χ1) is 8.64. The third kappa shape index (κ3) is 1.51. The van der Waals surface area contributed by atoms with Crippen molar-refractivity contribution in [2.45, 2.75) is 16.6 Å². The fraction of sp³-hybridized carbons (Fsp3) is 0.357. The van der Waals surface area contributed by atoms with E-state index in [4.69, 9.17) is 0 Å². The molecule has 3 rings (SSSR count). The van der Waals surface area contributed by atoms with Gasteiger partial charge in [0.2, 0.25) is 0 Å². The summed E-state index contributed by atoms with van der Waals surface area (Å²) in [5, 5.41) is 8.65. The molecule has 4 heteroatoms. The molecule has 0 aromatic heterocycles. The Morgan fingerprint density at radius 2 is 1.78 bits per heavy atom. The van der Waals surface area contributed by atoms with Crippen LogP contribution >= 0.6 is 0 Å². The van der Waals surface area contributed by atoms with Crippen LogP contribution in [0.25, 0.3) is 0 Å². The molecule has 1 aromatic rings. The molecule has 0 spiro atoms. The van der Waals surface area contributed by atoms with E-state index >= 15 is 0 Å². The molecular formula is C14H13NO2S. The fourth-order valence-corrected chi connectivity index (χ4v) is 5.30. The largest absolute Gasteiger partial charge is 0.223 e. The summed E-state index contributed by atoms with van der Waals surface area (Å²) in [6, 6.07) is 10.6. The smallest absolute Gasteiger partial charge is 0.183 e. The van der Waals surface area contributed by atoms with Crippen LogP contribution in [0.3, 0.4) is 0 Å². The number of nitrogens with zero attached hydrogens (tertiary/aromatic N) is 1.